The molecule has 1 fully saturated rings. The first-order valence-electron chi connectivity index (χ1n) is 9.65. The Hall–Kier alpha value is -2.51. The van der Waals surface area contributed by atoms with E-state index < -0.39 is 0 Å². The quantitative estimate of drug-likeness (QED) is 0.201. The molecule has 3 aromatic rings. The summed E-state index contributed by atoms with van der Waals surface area (Å²) in [6, 6.07) is 22.2. The Bertz CT molecular complexity index is 1150. The molecule has 1 aliphatic heterocycles. The number of hydrogen-bond donors (Lipinski definition) is 0. The van der Waals surface area contributed by atoms with Gasteiger partial charge in [-0.1, -0.05) is 83.6 Å². The number of para-hydroxylation sites is 2. The van der Waals surface area contributed by atoms with Crippen molar-refractivity contribution < 1.29 is 14.3 Å². The summed E-state index contributed by atoms with van der Waals surface area (Å²) in [6.45, 7) is 0.629. The molecule has 0 aliphatic carbocycles. The molecule has 0 radical (unpaired) electrons. The molecule has 0 atom stereocenters. The highest BCUT2D eigenvalue weighted by molar-refractivity contribution is 8.27. The Kier molecular flexibility index (Phi) is 7.37. The molecule has 32 heavy (non-hydrogen) atoms. The molecule has 0 saturated carbocycles. The molecule has 1 heterocycles. The molecule has 1 saturated heterocycles. The maximum atomic E-state index is 12.9. The molecule has 8 heteroatoms. The highest BCUT2D eigenvalue weighted by Crippen LogP contribution is 2.38. The molecular weight excluding hydrogens is 485 g/mol. The van der Waals surface area contributed by atoms with Crippen molar-refractivity contribution in [2.45, 2.75) is 0 Å². The number of thiocarbonyl (C=S) groups is 1. The van der Waals surface area contributed by atoms with Gasteiger partial charge in [-0.2, -0.15) is 0 Å². The van der Waals surface area contributed by atoms with Gasteiger partial charge in [0.25, 0.3) is 5.91 Å². The minimum Gasteiger partial charge on any atom is -0.490 e. The number of thioether (sulfide) groups is 1. The second-order valence-corrected chi connectivity index (χ2v) is 9.17. The summed E-state index contributed by atoms with van der Waals surface area (Å²) < 4.78 is 11.8. The monoisotopic (exact) mass is 501 g/mol. The van der Waals surface area contributed by atoms with Gasteiger partial charge in [0.05, 0.1) is 20.6 Å². The Morgan fingerprint density at radius 1 is 0.906 bits per heavy atom. The van der Waals surface area contributed by atoms with Crippen LogP contribution in [0, 0.1) is 0 Å². The number of carbonyl (C=O) groups excluding carboxylic acids is 1. The van der Waals surface area contributed by atoms with Gasteiger partial charge in [0.2, 0.25) is 0 Å². The summed E-state index contributed by atoms with van der Waals surface area (Å²) >= 11 is 19.4. The van der Waals surface area contributed by atoms with Crippen molar-refractivity contribution in [1.29, 1.82) is 0 Å². The van der Waals surface area contributed by atoms with Crippen LogP contribution in [0.5, 0.6) is 11.5 Å². The molecule has 0 spiro atoms. The number of hydrogen-bond acceptors (Lipinski definition) is 5. The number of benzene rings is 3. The number of ether oxygens (including phenoxy) is 2. The molecule has 0 N–H and O–H groups in total. The van der Waals surface area contributed by atoms with Gasteiger partial charge in [0.15, 0.2) is 10.1 Å². The first-order valence-corrected chi connectivity index (χ1v) is 11.6. The van der Waals surface area contributed by atoms with Gasteiger partial charge >= 0.3 is 0 Å². The number of nitrogens with zero attached hydrogens (tertiary/aromatic N) is 1. The zero-order valence-corrected chi connectivity index (χ0v) is 19.8. The van der Waals surface area contributed by atoms with Gasteiger partial charge in [-0.15, -0.1) is 0 Å². The second kappa shape index (κ2) is 10.4. The predicted molar refractivity (Wildman–Crippen MR) is 136 cm³/mol. The summed E-state index contributed by atoms with van der Waals surface area (Å²) in [5.41, 5.74) is 1.41. The Morgan fingerprint density at radius 3 is 2.16 bits per heavy atom. The van der Waals surface area contributed by atoms with Crippen LogP contribution in [0.4, 0.5) is 5.69 Å². The van der Waals surface area contributed by atoms with E-state index >= 15 is 0 Å². The van der Waals surface area contributed by atoms with Crippen LogP contribution in [0.25, 0.3) is 6.08 Å². The SMILES string of the molecule is O=C1/C(=C/c2cc(Cl)c(OCCOc3ccccc3)c(Cl)c2)SC(=S)N1c1ccccc1. The predicted octanol–water partition coefficient (Wildman–Crippen LogP) is 6.86. The lowest BCUT2D eigenvalue weighted by Gasteiger charge is -2.14. The van der Waals surface area contributed by atoms with Gasteiger partial charge in [0, 0.05) is 0 Å². The Labute approximate surface area is 205 Å². The number of carbonyl (C=O) groups is 1. The van der Waals surface area contributed by atoms with E-state index in [0.29, 0.717) is 37.2 Å². The van der Waals surface area contributed by atoms with E-state index in [1.54, 1.807) is 18.2 Å². The van der Waals surface area contributed by atoms with Crippen LogP contribution in [0.15, 0.2) is 77.7 Å². The summed E-state index contributed by atoms with van der Waals surface area (Å²) in [5.74, 6) is 0.951. The average molecular weight is 502 g/mol. The van der Waals surface area contributed by atoms with E-state index in [4.69, 9.17) is 44.9 Å². The lowest BCUT2D eigenvalue weighted by Crippen LogP contribution is -2.27. The van der Waals surface area contributed by atoms with Crippen LogP contribution in [0.3, 0.4) is 0 Å². The highest BCUT2D eigenvalue weighted by Gasteiger charge is 2.33. The normalized spacial score (nSPS) is 14.8. The fourth-order valence-electron chi connectivity index (χ4n) is 3.04. The zero-order valence-electron chi connectivity index (χ0n) is 16.7. The highest BCUT2D eigenvalue weighted by atomic mass is 35.5. The second-order valence-electron chi connectivity index (χ2n) is 6.68. The van der Waals surface area contributed by atoms with Crippen LogP contribution in [0.1, 0.15) is 5.56 Å². The molecule has 4 nitrogen and oxygen atoms in total. The standard InChI is InChI=1S/C24H17Cl2NO3S2/c25-19-13-16(14-20(26)22(19)30-12-11-29-18-9-5-2-6-10-18)15-21-23(28)27(24(31)32-21)17-7-3-1-4-8-17/h1-10,13-15H,11-12H2/b21-15-. The van der Waals surface area contributed by atoms with Crippen molar-refractivity contribution in [2.24, 2.45) is 0 Å². The van der Waals surface area contributed by atoms with Crippen molar-refractivity contribution in [3.63, 3.8) is 0 Å². The van der Waals surface area contributed by atoms with E-state index in [2.05, 4.69) is 0 Å². The van der Waals surface area contributed by atoms with Crippen LogP contribution < -0.4 is 14.4 Å². The average Bonchev–Trinajstić information content (AvgIpc) is 3.06. The van der Waals surface area contributed by atoms with Gasteiger partial charge < -0.3 is 9.47 Å². The minimum absolute atomic E-state index is 0.183. The number of rotatable bonds is 7. The third-order valence-electron chi connectivity index (χ3n) is 4.47. The lowest BCUT2D eigenvalue weighted by molar-refractivity contribution is -0.113. The number of amides is 1. The first kappa shape index (κ1) is 22.7. The van der Waals surface area contributed by atoms with Crippen LogP contribution in [-0.4, -0.2) is 23.4 Å². The molecule has 0 aromatic heterocycles. The Morgan fingerprint density at radius 2 is 1.50 bits per heavy atom. The van der Waals surface area contributed by atoms with Crippen molar-refractivity contribution in [1.82, 2.24) is 0 Å². The molecular formula is C24H17Cl2NO3S2. The van der Waals surface area contributed by atoms with Gasteiger partial charge in [-0.05, 0) is 48.0 Å². The summed E-state index contributed by atoms with van der Waals surface area (Å²) in [7, 11) is 0. The number of anilines is 1. The number of halogens is 2. The van der Waals surface area contributed by atoms with E-state index in [0.717, 1.165) is 11.4 Å². The first-order chi connectivity index (χ1) is 15.5. The van der Waals surface area contributed by atoms with Crippen LogP contribution >= 0.6 is 47.2 Å². The Balaban J connectivity index is 1.44. The summed E-state index contributed by atoms with van der Waals surface area (Å²) in [4.78, 5) is 14.9. The topological polar surface area (TPSA) is 38.8 Å². The van der Waals surface area contributed by atoms with E-state index in [1.807, 2.05) is 60.7 Å². The largest absolute Gasteiger partial charge is 0.490 e. The molecule has 162 valence electrons. The summed E-state index contributed by atoms with van der Waals surface area (Å²) in [5, 5.41) is 0.698. The third-order valence-corrected chi connectivity index (χ3v) is 6.33. The summed E-state index contributed by atoms with van der Waals surface area (Å²) in [6.07, 6.45) is 1.72. The molecule has 0 unspecified atom stereocenters. The smallest absolute Gasteiger partial charge is 0.270 e. The lowest BCUT2D eigenvalue weighted by atomic mass is 10.2. The van der Waals surface area contributed by atoms with E-state index in [9.17, 15) is 4.79 Å². The molecule has 1 amide bonds. The van der Waals surface area contributed by atoms with E-state index in [-0.39, 0.29) is 12.5 Å². The van der Waals surface area contributed by atoms with Crippen LogP contribution in [-0.2, 0) is 4.79 Å². The van der Waals surface area contributed by atoms with Gasteiger partial charge in [0.1, 0.15) is 19.0 Å². The molecule has 3 aromatic carbocycles. The fourth-order valence-corrected chi connectivity index (χ4v) is 4.95. The fraction of sp³-hybridized carbons (Fsp3) is 0.0833. The maximum absolute atomic E-state index is 12.9. The van der Waals surface area contributed by atoms with Gasteiger partial charge in [-0.25, -0.2) is 0 Å². The van der Waals surface area contributed by atoms with Crippen molar-refractivity contribution in [3.05, 3.63) is 93.3 Å². The third kappa shape index (κ3) is 5.27. The zero-order chi connectivity index (χ0) is 22.5. The maximum Gasteiger partial charge on any atom is 0.270 e. The van der Waals surface area contributed by atoms with Gasteiger partial charge in [-0.3, -0.25) is 9.69 Å². The molecule has 0 bridgehead atoms. The molecule has 4 rings (SSSR count). The van der Waals surface area contributed by atoms with Crippen molar-refractivity contribution in [2.75, 3.05) is 18.1 Å². The van der Waals surface area contributed by atoms with Crippen LogP contribution in [0.2, 0.25) is 10.0 Å². The van der Waals surface area contributed by atoms with E-state index in [1.165, 1.54) is 16.7 Å². The van der Waals surface area contributed by atoms with Crippen molar-refractivity contribution >= 4 is 69.2 Å². The van der Waals surface area contributed by atoms with Crippen molar-refractivity contribution in [3.8, 4) is 11.5 Å². The molecule has 1 aliphatic rings. The minimum atomic E-state index is -0.183.